The summed E-state index contributed by atoms with van der Waals surface area (Å²) in [5.41, 5.74) is 0. The Morgan fingerprint density at radius 1 is 1.36 bits per heavy atom. The Morgan fingerprint density at radius 3 is 2.64 bits per heavy atom. The van der Waals surface area contributed by atoms with E-state index in [1.807, 2.05) is 6.92 Å². The average molecular weight is 367 g/mol. The first-order chi connectivity index (χ1) is 10.4. The van der Waals surface area contributed by atoms with Crippen molar-refractivity contribution in [3.8, 4) is 5.75 Å². The summed E-state index contributed by atoms with van der Waals surface area (Å²) in [6, 6.07) is 2.75. The summed E-state index contributed by atoms with van der Waals surface area (Å²) in [6.07, 6.45) is 1.53. The minimum atomic E-state index is -3.70. The largest absolute Gasteiger partial charge is 0.495 e. The van der Waals surface area contributed by atoms with Gasteiger partial charge in [0.1, 0.15) is 10.6 Å². The molecule has 1 N–H and O–H groups in total. The molecule has 1 aliphatic heterocycles. The highest BCUT2D eigenvalue weighted by molar-refractivity contribution is 7.89. The summed E-state index contributed by atoms with van der Waals surface area (Å²) in [7, 11) is -2.25. The number of hydrogen-bond donors (Lipinski definition) is 1. The quantitative estimate of drug-likeness (QED) is 0.840. The molecule has 0 spiro atoms. The smallest absolute Gasteiger partial charge is 0.244 e. The molecule has 1 aromatic rings. The van der Waals surface area contributed by atoms with Gasteiger partial charge in [0.05, 0.1) is 17.2 Å². The molecule has 2 rings (SSSR count). The van der Waals surface area contributed by atoms with Crippen molar-refractivity contribution in [1.82, 2.24) is 9.62 Å². The van der Waals surface area contributed by atoms with Crippen molar-refractivity contribution >= 4 is 33.2 Å². The minimum absolute atomic E-state index is 0.0281. The zero-order valence-corrected chi connectivity index (χ0v) is 14.9. The molecule has 0 bridgehead atoms. The van der Waals surface area contributed by atoms with Gasteiger partial charge in [-0.25, -0.2) is 8.42 Å². The van der Waals surface area contributed by atoms with Gasteiger partial charge < -0.3 is 10.1 Å². The van der Waals surface area contributed by atoms with Crippen LogP contribution < -0.4 is 10.1 Å². The third kappa shape index (κ3) is 3.51. The molecule has 124 valence electrons. The predicted octanol–water partition coefficient (Wildman–Crippen LogP) is 2.76. The average Bonchev–Trinajstić information content (AvgIpc) is 3.00. The van der Waals surface area contributed by atoms with Crippen LogP contribution in [0.25, 0.3) is 0 Å². The van der Waals surface area contributed by atoms with E-state index in [0.717, 1.165) is 19.4 Å². The summed E-state index contributed by atoms with van der Waals surface area (Å²) in [5, 5.41) is 3.54. The Hall–Kier alpha value is -0.530. The van der Waals surface area contributed by atoms with Crippen LogP contribution >= 0.6 is 23.2 Å². The third-order valence-corrected chi connectivity index (χ3v) is 6.39. The Morgan fingerprint density at radius 2 is 2.09 bits per heavy atom. The lowest BCUT2D eigenvalue weighted by atomic mass is 10.2. The number of sulfonamides is 1. The van der Waals surface area contributed by atoms with Gasteiger partial charge in [0.25, 0.3) is 0 Å². The predicted molar refractivity (Wildman–Crippen MR) is 88.5 cm³/mol. The summed E-state index contributed by atoms with van der Waals surface area (Å²) in [4.78, 5) is 0.0281. The molecular weight excluding hydrogens is 347 g/mol. The maximum atomic E-state index is 13.0. The van der Waals surface area contributed by atoms with E-state index in [1.165, 1.54) is 23.5 Å². The van der Waals surface area contributed by atoms with Crippen molar-refractivity contribution in [2.75, 3.05) is 26.7 Å². The van der Waals surface area contributed by atoms with Gasteiger partial charge in [-0.3, -0.25) is 0 Å². The molecule has 1 saturated heterocycles. The Kier molecular flexibility index (Phi) is 5.96. The van der Waals surface area contributed by atoms with Crippen molar-refractivity contribution in [2.45, 2.75) is 30.7 Å². The van der Waals surface area contributed by atoms with Gasteiger partial charge in [-0.1, -0.05) is 30.1 Å². The van der Waals surface area contributed by atoms with E-state index in [1.54, 1.807) is 0 Å². The first-order valence-corrected chi connectivity index (χ1v) is 9.37. The number of halogens is 2. The maximum absolute atomic E-state index is 13.0. The SMILES string of the molecule is CCCN(C1CCNC1)S(=O)(=O)c1cc(Cl)c(OC)cc1Cl. The second-order valence-corrected chi connectivity index (χ2v) is 7.85. The van der Waals surface area contributed by atoms with Crippen LogP contribution in [0.15, 0.2) is 17.0 Å². The second-order valence-electron chi connectivity index (χ2n) is 5.18. The van der Waals surface area contributed by atoms with Gasteiger partial charge in [0.15, 0.2) is 0 Å². The van der Waals surface area contributed by atoms with Crippen LogP contribution in [0.2, 0.25) is 10.0 Å². The molecule has 0 aliphatic carbocycles. The van der Waals surface area contributed by atoms with E-state index in [0.29, 0.717) is 18.8 Å². The van der Waals surface area contributed by atoms with Crippen molar-refractivity contribution in [3.63, 3.8) is 0 Å². The lowest BCUT2D eigenvalue weighted by Gasteiger charge is -2.27. The monoisotopic (exact) mass is 366 g/mol. The summed E-state index contributed by atoms with van der Waals surface area (Å²) in [5.74, 6) is 0.357. The number of nitrogens with zero attached hydrogens (tertiary/aromatic N) is 1. The van der Waals surface area contributed by atoms with Crippen molar-refractivity contribution < 1.29 is 13.2 Å². The highest BCUT2D eigenvalue weighted by atomic mass is 35.5. The van der Waals surface area contributed by atoms with Crippen LogP contribution in [0.4, 0.5) is 0 Å². The summed E-state index contributed by atoms with van der Waals surface area (Å²) in [6.45, 7) is 3.88. The zero-order valence-electron chi connectivity index (χ0n) is 12.6. The van der Waals surface area contributed by atoms with Gasteiger partial charge in [-0.05, 0) is 25.5 Å². The van der Waals surface area contributed by atoms with Crippen LogP contribution in [-0.2, 0) is 10.0 Å². The lowest BCUT2D eigenvalue weighted by molar-refractivity contribution is 0.335. The Bertz CT molecular complexity index is 631. The number of rotatable bonds is 6. The van der Waals surface area contributed by atoms with Gasteiger partial charge in [-0.2, -0.15) is 4.31 Å². The lowest BCUT2D eigenvalue weighted by Crippen LogP contribution is -2.42. The molecule has 22 heavy (non-hydrogen) atoms. The van der Waals surface area contributed by atoms with Gasteiger partial charge >= 0.3 is 0 Å². The van der Waals surface area contributed by atoms with Crippen LogP contribution in [0.1, 0.15) is 19.8 Å². The number of ether oxygens (including phenoxy) is 1. The molecule has 1 atom stereocenters. The molecule has 5 nitrogen and oxygen atoms in total. The van der Waals surface area contributed by atoms with Crippen molar-refractivity contribution in [1.29, 1.82) is 0 Å². The van der Waals surface area contributed by atoms with E-state index in [4.69, 9.17) is 27.9 Å². The molecule has 1 fully saturated rings. The minimum Gasteiger partial charge on any atom is -0.495 e. The molecular formula is C14H20Cl2N2O3S. The maximum Gasteiger partial charge on any atom is 0.244 e. The van der Waals surface area contributed by atoms with E-state index < -0.39 is 10.0 Å². The van der Waals surface area contributed by atoms with Gasteiger partial charge in [0.2, 0.25) is 10.0 Å². The second kappa shape index (κ2) is 7.36. The molecule has 8 heteroatoms. The summed E-state index contributed by atoms with van der Waals surface area (Å²) < 4.78 is 32.6. The van der Waals surface area contributed by atoms with E-state index in [-0.39, 0.29) is 21.0 Å². The molecule has 0 radical (unpaired) electrons. The molecule has 1 aliphatic rings. The third-order valence-electron chi connectivity index (χ3n) is 3.68. The fourth-order valence-corrected chi connectivity index (χ4v) is 5.17. The molecule has 0 saturated carbocycles. The van der Waals surface area contributed by atoms with Crippen LogP contribution in [0.3, 0.4) is 0 Å². The number of nitrogens with one attached hydrogen (secondary N) is 1. The van der Waals surface area contributed by atoms with Crippen molar-refractivity contribution in [3.05, 3.63) is 22.2 Å². The number of methoxy groups -OCH3 is 1. The number of benzene rings is 1. The topological polar surface area (TPSA) is 58.6 Å². The highest BCUT2D eigenvalue weighted by Crippen LogP contribution is 2.35. The fourth-order valence-electron chi connectivity index (χ4n) is 2.60. The molecule has 1 heterocycles. The van der Waals surface area contributed by atoms with Crippen LogP contribution in [0, 0.1) is 0 Å². The first-order valence-electron chi connectivity index (χ1n) is 7.17. The highest BCUT2D eigenvalue weighted by Gasteiger charge is 2.34. The van der Waals surface area contributed by atoms with Crippen LogP contribution in [0.5, 0.6) is 5.75 Å². The Labute approximate surface area is 141 Å². The van der Waals surface area contributed by atoms with Gasteiger partial charge in [-0.15, -0.1) is 0 Å². The molecule has 0 aromatic heterocycles. The zero-order chi connectivity index (χ0) is 16.3. The Balaban J connectivity index is 2.45. The van der Waals surface area contributed by atoms with E-state index in [9.17, 15) is 8.42 Å². The van der Waals surface area contributed by atoms with E-state index in [2.05, 4.69) is 5.32 Å². The first kappa shape index (κ1) is 17.8. The fraction of sp³-hybridized carbons (Fsp3) is 0.571. The number of hydrogen-bond acceptors (Lipinski definition) is 4. The molecule has 1 aromatic carbocycles. The van der Waals surface area contributed by atoms with E-state index >= 15 is 0 Å². The normalized spacial score (nSPS) is 18.9. The molecule has 0 amide bonds. The van der Waals surface area contributed by atoms with Crippen molar-refractivity contribution in [2.24, 2.45) is 0 Å². The summed E-state index contributed by atoms with van der Waals surface area (Å²) >= 11 is 12.2. The molecule has 1 unspecified atom stereocenters. The standard InChI is InChI=1S/C14H20Cl2N2O3S/c1-3-6-18(10-4-5-17-9-10)22(19,20)14-8-11(15)13(21-2)7-12(14)16/h7-8,10,17H,3-6,9H2,1-2H3. The van der Waals surface area contributed by atoms with Gasteiger partial charge in [0, 0.05) is 25.2 Å². The van der Waals surface area contributed by atoms with Crippen LogP contribution in [-0.4, -0.2) is 45.5 Å².